The molecular weight excluding hydrogens is 611 g/mol. The first kappa shape index (κ1) is 32.5. The molecule has 0 radical (unpaired) electrons. The van der Waals surface area contributed by atoms with Crippen LogP contribution in [0.5, 0.6) is 5.88 Å². The highest BCUT2D eigenvalue weighted by Crippen LogP contribution is 2.43. The van der Waals surface area contributed by atoms with Crippen LogP contribution in [0.2, 0.25) is 0 Å². The van der Waals surface area contributed by atoms with Crippen molar-refractivity contribution in [1.29, 1.82) is 0 Å². The Kier molecular flexibility index (Phi) is 9.00. The number of hydrogen-bond acceptors (Lipinski definition) is 9. The fraction of sp³-hybridized carbons (Fsp3) is 0.452. The van der Waals surface area contributed by atoms with Gasteiger partial charge in [0.1, 0.15) is 11.9 Å². The minimum Gasteiger partial charge on any atom is -0.480 e. The summed E-state index contributed by atoms with van der Waals surface area (Å²) in [6, 6.07) is 11.2. The van der Waals surface area contributed by atoms with E-state index < -0.39 is 34.1 Å². The lowest BCUT2D eigenvalue weighted by Crippen LogP contribution is -2.41. The number of nitrogens with one attached hydrogen (secondary N) is 1. The lowest BCUT2D eigenvalue weighted by atomic mass is 9.76. The van der Waals surface area contributed by atoms with Gasteiger partial charge in [0.2, 0.25) is 17.9 Å². The number of halogens is 3. The van der Waals surface area contributed by atoms with Gasteiger partial charge in [-0.05, 0) is 59.9 Å². The molecule has 5 rings (SSSR count). The van der Waals surface area contributed by atoms with Gasteiger partial charge in [-0.15, -0.1) is 0 Å². The van der Waals surface area contributed by atoms with Crippen molar-refractivity contribution in [1.82, 2.24) is 15.3 Å². The van der Waals surface area contributed by atoms with E-state index in [4.69, 9.17) is 10.5 Å². The number of nitrogen functional groups attached to an aromatic ring is 1. The number of carbonyl (C=O) groups is 1. The highest BCUT2D eigenvalue weighted by Gasteiger charge is 2.46. The molecule has 4 N–H and O–H groups in total. The van der Waals surface area contributed by atoms with E-state index in [1.54, 1.807) is 18.2 Å². The van der Waals surface area contributed by atoms with Crippen molar-refractivity contribution in [3.63, 3.8) is 0 Å². The highest BCUT2D eigenvalue weighted by atomic mass is 32.2. The van der Waals surface area contributed by atoms with Crippen LogP contribution in [0.4, 0.5) is 24.9 Å². The molecule has 3 heterocycles. The third-order valence-corrected chi connectivity index (χ3v) is 9.67. The van der Waals surface area contributed by atoms with Gasteiger partial charge in [0.05, 0.1) is 4.90 Å². The number of carboxylic acids is 1. The molecule has 1 unspecified atom stereocenters. The van der Waals surface area contributed by atoms with Gasteiger partial charge in [-0.1, -0.05) is 43.7 Å². The zero-order valence-corrected chi connectivity index (χ0v) is 25.8. The van der Waals surface area contributed by atoms with Gasteiger partial charge in [0, 0.05) is 37.5 Å². The third kappa shape index (κ3) is 7.33. The quantitative estimate of drug-likeness (QED) is 0.296. The topological polar surface area (TPSA) is 148 Å². The van der Waals surface area contributed by atoms with Crippen LogP contribution >= 0.6 is 0 Å². The van der Waals surface area contributed by atoms with Gasteiger partial charge >= 0.3 is 12.1 Å². The smallest absolute Gasteiger partial charge is 0.429 e. The van der Waals surface area contributed by atoms with Crippen LogP contribution in [0.15, 0.2) is 53.4 Å². The molecule has 2 fully saturated rings. The number of rotatable bonds is 9. The summed E-state index contributed by atoms with van der Waals surface area (Å²) in [7, 11) is -3.62. The molecule has 242 valence electrons. The summed E-state index contributed by atoms with van der Waals surface area (Å²) < 4.78 is 74.4. The molecule has 3 aromatic rings. The molecule has 0 saturated carbocycles. The lowest BCUT2D eigenvalue weighted by molar-refractivity contribution is -0.198. The van der Waals surface area contributed by atoms with Crippen LogP contribution in [-0.2, 0) is 21.1 Å². The molecule has 0 aliphatic carbocycles. The van der Waals surface area contributed by atoms with Crippen LogP contribution < -0.4 is 20.7 Å². The van der Waals surface area contributed by atoms with Gasteiger partial charge in [-0.2, -0.15) is 23.1 Å². The van der Waals surface area contributed by atoms with Gasteiger partial charge in [0.25, 0.3) is 0 Å². The first-order valence-corrected chi connectivity index (χ1v) is 16.6. The lowest BCUT2D eigenvalue weighted by Gasteiger charge is -2.39. The van der Waals surface area contributed by atoms with Crippen LogP contribution in [0.25, 0.3) is 11.1 Å². The SMILES string of the molecule is CCCc1ccc([C@@H](Oc2cc(N3CCC4(CC3)CNC(C(=O)O)C4)nc(N)n2)C(F)(F)F)c(-c2cccc(S(C)(=O)=O)c2)c1. The number of piperidine rings is 1. The number of benzene rings is 2. The largest absolute Gasteiger partial charge is 0.480 e. The van der Waals surface area contributed by atoms with Crippen molar-refractivity contribution < 1.29 is 36.2 Å². The summed E-state index contributed by atoms with van der Waals surface area (Å²) in [4.78, 5) is 21.5. The second kappa shape index (κ2) is 12.5. The Morgan fingerprint density at radius 2 is 1.91 bits per heavy atom. The molecule has 2 aliphatic heterocycles. The van der Waals surface area contributed by atoms with Gasteiger partial charge in [0.15, 0.2) is 9.84 Å². The van der Waals surface area contributed by atoms with Crippen LogP contribution in [-0.4, -0.2) is 67.6 Å². The highest BCUT2D eigenvalue weighted by molar-refractivity contribution is 7.90. The number of hydrogen-bond donors (Lipinski definition) is 3. The number of carboxylic acid groups (broad SMARTS) is 1. The Morgan fingerprint density at radius 1 is 1.18 bits per heavy atom. The summed E-state index contributed by atoms with van der Waals surface area (Å²) in [5, 5.41) is 12.4. The third-order valence-electron chi connectivity index (χ3n) is 8.56. The number of sulfone groups is 1. The average Bonchev–Trinajstić information content (AvgIpc) is 3.39. The van der Waals surface area contributed by atoms with E-state index in [1.165, 1.54) is 30.3 Å². The molecule has 2 atom stereocenters. The van der Waals surface area contributed by atoms with Crippen molar-refractivity contribution in [2.75, 3.05) is 36.5 Å². The predicted octanol–water partition coefficient (Wildman–Crippen LogP) is 4.80. The molecule has 2 aliphatic rings. The molecule has 10 nitrogen and oxygen atoms in total. The molecule has 2 aromatic carbocycles. The second-order valence-corrected chi connectivity index (χ2v) is 13.9. The minimum absolute atomic E-state index is 0.0142. The fourth-order valence-electron chi connectivity index (χ4n) is 6.18. The standard InChI is InChI=1S/C31H36F3N5O5S/c1-3-5-19-8-9-22(23(14-19)20-6-4-7-21(15-20)45(2,42)43)27(31(32,33)34)44-26-16-25(37-29(35)38-26)39-12-10-30(11-13-39)17-24(28(40)41)36-18-30/h4,6-9,14-16,24,27,36H,3,5,10-13,17-18H2,1-2H3,(H,40,41)(H2,35,37,38)/t24?,27-/m1/s1. The van der Waals surface area contributed by atoms with Crippen LogP contribution in [0, 0.1) is 5.41 Å². The summed E-state index contributed by atoms with van der Waals surface area (Å²) in [5.74, 6) is -1.18. The molecule has 1 spiro atoms. The number of anilines is 2. The first-order valence-electron chi connectivity index (χ1n) is 14.7. The Bertz CT molecular complexity index is 1680. The number of aryl methyl sites for hydroxylation is 1. The summed E-state index contributed by atoms with van der Waals surface area (Å²) >= 11 is 0. The zero-order valence-electron chi connectivity index (χ0n) is 25.0. The number of ether oxygens (including phenoxy) is 1. The summed E-state index contributed by atoms with van der Waals surface area (Å²) in [5.41, 5.74) is 6.87. The molecule has 1 aromatic heterocycles. The van der Waals surface area contributed by atoms with E-state index in [2.05, 4.69) is 15.3 Å². The van der Waals surface area contributed by atoms with Crippen molar-refractivity contribution in [3.8, 4) is 17.0 Å². The Hall–Kier alpha value is -3.91. The fourth-order valence-corrected chi connectivity index (χ4v) is 6.85. The van der Waals surface area contributed by atoms with E-state index in [9.17, 15) is 31.5 Å². The Balaban J connectivity index is 1.46. The van der Waals surface area contributed by atoms with Crippen LogP contribution in [0.3, 0.4) is 0 Å². The average molecular weight is 648 g/mol. The predicted molar refractivity (Wildman–Crippen MR) is 163 cm³/mol. The molecule has 2 saturated heterocycles. The maximum absolute atomic E-state index is 14.8. The summed E-state index contributed by atoms with van der Waals surface area (Å²) in [6.45, 7) is 3.55. The minimum atomic E-state index is -4.87. The van der Waals surface area contributed by atoms with Crippen molar-refractivity contribution in [2.45, 2.75) is 62.2 Å². The monoisotopic (exact) mass is 647 g/mol. The van der Waals surface area contributed by atoms with E-state index >= 15 is 0 Å². The molecule has 45 heavy (non-hydrogen) atoms. The zero-order chi connectivity index (χ0) is 32.6. The molecule has 0 amide bonds. The summed E-state index contributed by atoms with van der Waals surface area (Å²) in [6.07, 6.45) is -3.04. The van der Waals surface area contributed by atoms with Crippen molar-refractivity contribution in [2.24, 2.45) is 5.41 Å². The maximum atomic E-state index is 14.8. The number of nitrogens with zero attached hydrogens (tertiary/aromatic N) is 3. The Morgan fingerprint density at radius 3 is 2.53 bits per heavy atom. The number of aromatic nitrogens is 2. The van der Waals surface area contributed by atoms with E-state index in [1.807, 2.05) is 11.8 Å². The van der Waals surface area contributed by atoms with Crippen molar-refractivity contribution in [3.05, 3.63) is 59.7 Å². The van der Waals surface area contributed by atoms with E-state index in [0.717, 1.165) is 18.2 Å². The first-order chi connectivity index (χ1) is 21.2. The van der Waals surface area contributed by atoms with Gasteiger partial charge in [-0.3, -0.25) is 4.79 Å². The number of nitrogens with two attached hydrogens (primary N) is 1. The molecule has 0 bridgehead atoms. The molecule has 14 heteroatoms. The number of alkyl halides is 3. The maximum Gasteiger partial charge on any atom is 0.429 e. The van der Waals surface area contributed by atoms with E-state index in [0.29, 0.717) is 56.7 Å². The van der Waals surface area contributed by atoms with Crippen molar-refractivity contribution >= 4 is 27.6 Å². The Labute approximate surface area is 259 Å². The molecular formula is C31H36F3N5O5S. The van der Waals surface area contributed by atoms with Gasteiger partial charge < -0.3 is 25.8 Å². The number of aliphatic carboxylic acids is 1. The van der Waals surface area contributed by atoms with Crippen LogP contribution in [0.1, 0.15) is 49.8 Å². The second-order valence-electron chi connectivity index (χ2n) is 11.9. The van der Waals surface area contributed by atoms with E-state index in [-0.39, 0.29) is 33.3 Å². The normalized spacial score (nSPS) is 19.0. The van der Waals surface area contributed by atoms with Gasteiger partial charge in [-0.25, -0.2) is 8.42 Å².